The summed E-state index contributed by atoms with van der Waals surface area (Å²) in [6.45, 7) is 3.21. The van der Waals surface area contributed by atoms with Gasteiger partial charge in [0.15, 0.2) is 5.82 Å². The first-order chi connectivity index (χ1) is 12.7. The molecule has 8 nitrogen and oxygen atoms in total. The molecule has 0 aliphatic carbocycles. The third-order valence-electron chi connectivity index (χ3n) is 4.58. The number of hydrogen-bond donors (Lipinski definition) is 0. The Morgan fingerprint density at radius 2 is 1.96 bits per heavy atom. The van der Waals surface area contributed by atoms with E-state index < -0.39 is 6.04 Å². The number of aryl methyl sites for hydroxylation is 1. The van der Waals surface area contributed by atoms with Crippen LogP contribution in [-0.4, -0.2) is 41.9 Å². The summed E-state index contributed by atoms with van der Waals surface area (Å²) in [4.78, 5) is 27.3. The number of aromatic nitrogens is 5. The zero-order valence-corrected chi connectivity index (χ0v) is 14.3. The summed E-state index contributed by atoms with van der Waals surface area (Å²) >= 11 is 0. The second kappa shape index (κ2) is 6.55. The highest BCUT2D eigenvalue weighted by Crippen LogP contribution is 2.31. The Bertz CT molecular complexity index is 980. The van der Waals surface area contributed by atoms with Crippen LogP contribution in [0.15, 0.2) is 53.6 Å². The van der Waals surface area contributed by atoms with Crippen LogP contribution in [0.5, 0.6) is 0 Å². The van der Waals surface area contributed by atoms with Crippen LogP contribution in [0, 0.1) is 0 Å². The first kappa shape index (κ1) is 16.2. The molecule has 26 heavy (non-hydrogen) atoms. The van der Waals surface area contributed by atoms with Crippen molar-refractivity contribution >= 4 is 5.91 Å². The van der Waals surface area contributed by atoms with E-state index >= 15 is 0 Å². The molecule has 1 amide bonds. The number of fused-ring (bicyclic) bond motifs is 1. The highest BCUT2D eigenvalue weighted by molar-refractivity contribution is 5.94. The number of carbonyl (C=O) groups excluding carboxylic acids is 1. The quantitative estimate of drug-likeness (QED) is 0.706. The number of carbonyl (C=O) groups is 1. The van der Waals surface area contributed by atoms with Gasteiger partial charge >= 0.3 is 5.69 Å². The summed E-state index contributed by atoms with van der Waals surface area (Å²) in [7, 11) is 0. The van der Waals surface area contributed by atoms with Crippen LogP contribution in [0.25, 0.3) is 0 Å². The van der Waals surface area contributed by atoms with Gasteiger partial charge in [-0.15, -0.1) is 0 Å². The molecule has 0 radical (unpaired) electrons. The summed E-state index contributed by atoms with van der Waals surface area (Å²) in [5.41, 5.74) is 1.24. The summed E-state index contributed by atoms with van der Waals surface area (Å²) < 4.78 is 3.10. The van der Waals surface area contributed by atoms with Gasteiger partial charge in [0.2, 0.25) is 0 Å². The van der Waals surface area contributed by atoms with Crippen LogP contribution in [-0.2, 0) is 13.1 Å². The van der Waals surface area contributed by atoms with E-state index in [4.69, 9.17) is 0 Å². The molecule has 4 rings (SSSR count). The van der Waals surface area contributed by atoms with Gasteiger partial charge in [-0.25, -0.2) is 9.48 Å². The predicted molar refractivity (Wildman–Crippen MR) is 93.5 cm³/mol. The van der Waals surface area contributed by atoms with E-state index in [0.29, 0.717) is 31.0 Å². The second-order valence-electron chi connectivity index (χ2n) is 6.05. The highest BCUT2D eigenvalue weighted by atomic mass is 16.2. The standard InChI is InChI=1S/C18H18N6O2/c1-2-24-18(26)23-11-10-22(17(25)14-8-9-19-20-12-14)15(16(23)21-24)13-6-4-3-5-7-13/h3-9,12,15H,2,10-11H2,1H3. The maximum Gasteiger partial charge on any atom is 0.346 e. The number of benzene rings is 1. The van der Waals surface area contributed by atoms with Gasteiger partial charge in [-0.1, -0.05) is 30.3 Å². The molecule has 3 heterocycles. The molecular formula is C18H18N6O2. The third-order valence-corrected chi connectivity index (χ3v) is 4.58. The third kappa shape index (κ3) is 2.59. The summed E-state index contributed by atoms with van der Waals surface area (Å²) in [5, 5.41) is 12.0. The zero-order valence-electron chi connectivity index (χ0n) is 14.3. The topological polar surface area (TPSA) is 85.9 Å². The second-order valence-corrected chi connectivity index (χ2v) is 6.05. The molecule has 8 heteroatoms. The Morgan fingerprint density at radius 3 is 2.65 bits per heavy atom. The first-order valence-electron chi connectivity index (χ1n) is 8.51. The minimum Gasteiger partial charge on any atom is -0.322 e. The molecule has 0 N–H and O–H groups in total. The van der Waals surface area contributed by atoms with Crippen molar-refractivity contribution in [3.63, 3.8) is 0 Å². The van der Waals surface area contributed by atoms with Crippen molar-refractivity contribution in [3.8, 4) is 0 Å². The molecule has 2 aromatic heterocycles. The summed E-state index contributed by atoms with van der Waals surface area (Å²) in [6.07, 6.45) is 2.95. The van der Waals surface area contributed by atoms with Gasteiger partial charge in [-0.2, -0.15) is 15.3 Å². The van der Waals surface area contributed by atoms with E-state index in [0.717, 1.165) is 5.56 Å². The normalized spacial score (nSPS) is 16.3. The molecule has 3 aromatic rings. The molecule has 0 saturated carbocycles. The van der Waals surface area contributed by atoms with E-state index in [9.17, 15) is 9.59 Å². The molecule has 0 saturated heterocycles. The molecule has 1 aliphatic heterocycles. The van der Waals surface area contributed by atoms with Crippen molar-refractivity contribution in [1.82, 2.24) is 29.4 Å². The van der Waals surface area contributed by atoms with Crippen LogP contribution in [0.2, 0.25) is 0 Å². The van der Waals surface area contributed by atoms with Crippen LogP contribution >= 0.6 is 0 Å². The largest absolute Gasteiger partial charge is 0.346 e. The van der Waals surface area contributed by atoms with Crippen molar-refractivity contribution < 1.29 is 4.79 Å². The first-order valence-corrected chi connectivity index (χ1v) is 8.51. The van der Waals surface area contributed by atoms with Gasteiger partial charge in [0.1, 0.15) is 6.04 Å². The fourth-order valence-electron chi connectivity index (χ4n) is 3.32. The maximum absolute atomic E-state index is 13.1. The van der Waals surface area contributed by atoms with E-state index in [2.05, 4.69) is 15.3 Å². The SMILES string of the molecule is CCn1nc2n(c1=O)CCN(C(=O)c1ccnnc1)C2c1ccccc1. The van der Waals surface area contributed by atoms with Gasteiger partial charge in [-0.3, -0.25) is 9.36 Å². The predicted octanol–water partition coefficient (Wildman–Crippen LogP) is 1.10. The van der Waals surface area contributed by atoms with Gasteiger partial charge in [0.05, 0.1) is 18.0 Å². The lowest BCUT2D eigenvalue weighted by atomic mass is 10.0. The smallest absolute Gasteiger partial charge is 0.322 e. The lowest BCUT2D eigenvalue weighted by Crippen LogP contribution is -2.44. The van der Waals surface area contributed by atoms with Crippen molar-refractivity contribution in [2.24, 2.45) is 0 Å². The Balaban J connectivity index is 1.84. The zero-order chi connectivity index (χ0) is 18.1. The average molecular weight is 350 g/mol. The molecular weight excluding hydrogens is 332 g/mol. The lowest BCUT2D eigenvalue weighted by Gasteiger charge is -2.35. The monoisotopic (exact) mass is 350 g/mol. The van der Waals surface area contributed by atoms with Crippen molar-refractivity contribution in [2.75, 3.05) is 6.54 Å². The molecule has 1 unspecified atom stereocenters. The maximum atomic E-state index is 13.1. The number of rotatable bonds is 3. The van der Waals surface area contributed by atoms with Gasteiger partial charge in [0.25, 0.3) is 5.91 Å². The molecule has 132 valence electrons. The van der Waals surface area contributed by atoms with E-state index in [1.54, 1.807) is 15.5 Å². The Labute approximate surface area is 149 Å². The molecule has 0 fully saturated rings. The summed E-state index contributed by atoms with van der Waals surface area (Å²) in [5.74, 6) is 0.433. The fraction of sp³-hybridized carbons (Fsp3) is 0.278. The Hall–Kier alpha value is -3.29. The molecule has 0 bridgehead atoms. The number of amides is 1. The Morgan fingerprint density at radius 1 is 1.15 bits per heavy atom. The average Bonchev–Trinajstić information content (AvgIpc) is 3.04. The van der Waals surface area contributed by atoms with E-state index in [1.165, 1.54) is 17.1 Å². The van der Waals surface area contributed by atoms with Crippen molar-refractivity contribution in [2.45, 2.75) is 26.1 Å². The van der Waals surface area contributed by atoms with Crippen LogP contribution < -0.4 is 5.69 Å². The highest BCUT2D eigenvalue weighted by Gasteiger charge is 2.36. The molecule has 0 spiro atoms. The van der Waals surface area contributed by atoms with Crippen LogP contribution in [0.3, 0.4) is 0 Å². The van der Waals surface area contributed by atoms with Gasteiger partial charge in [0, 0.05) is 19.6 Å². The van der Waals surface area contributed by atoms with Gasteiger partial charge in [-0.05, 0) is 18.6 Å². The number of nitrogens with zero attached hydrogens (tertiary/aromatic N) is 6. The lowest BCUT2D eigenvalue weighted by molar-refractivity contribution is 0.0656. The fourth-order valence-corrected chi connectivity index (χ4v) is 3.32. The van der Waals surface area contributed by atoms with Gasteiger partial charge < -0.3 is 4.90 Å². The van der Waals surface area contributed by atoms with Crippen LogP contribution in [0.4, 0.5) is 0 Å². The summed E-state index contributed by atoms with van der Waals surface area (Å²) in [6, 6.07) is 10.9. The van der Waals surface area contributed by atoms with E-state index in [1.807, 2.05) is 37.3 Å². The molecule has 1 atom stereocenters. The minimum absolute atomic E-state index is 0.138. The van der Waals surface area contributed by atoms with Crippen molar-refractivity contribution in [1.29, 1.82) is 0 Å². The van der Waals surface area contributed by atoms with E-state index in [-0.39, 0.29) is 11.6 Å². The molecule has 1 aromatic carbocycles. The Kier molecular flexibility index (Phi) is 4.08. The van der Waals surface area contributed by atoms with Crippen LogP contribution in [0.1, 0.15) is 34.7 Å². The van der Waals surface area contributed by atoms with Crippen molar-refractivity contribution in [3.05, 3.63) is 76.2 Å². The number of hydrogen-bond acceptors (Lipinski definition) is 5. The minimum atomic E-state index is -0.425. The molecule has 1 aliphatic rings.